The van der Waals surface area contributed by atoms with Crippen molar-refractivity contribution in [3.8, 4) is 6.07 Å². The van der Waals surface area contributed by atoms with Gasteiger partial charge in [0, 0.05) is 37.5 Å². The third-order valence-corrected chi connectivity index (χ3v) is 13.1. The number of thioether (sulfide) groups is 1. The van der Waals surface area contributed by atoms with Gasteiger partial charge in [0.15, 0.2) is 5.13 Å². The van der Waals surface area contributed by atoms with Gasteiger partial charge < -0.3 is 24.3 Å². The van der Waals surface area contributed by atoms with Gasteiger partial charge in [0.25, 0.3) is 5.91 Å². The standard InChI is InChI=1S/C41H55N7O4S2/c1-5-6-9-34-26-43-36(52-34)28-53-37-27-44-40(54-37)45-38(49)31-12-16-46(17-13-31)15-7-8-30-10-11-35-29(2)48(18-14-32(35)23-30)39(50)33(25-42)24-41(3,4)47-19-21-51-22-20-47/h10-11,23-24,26-27,29,31H,5-9,12-22,28H2,1-4H3,(H,44,45,49)/b33-24+. The van der Waals surface area contributed by atoms with Crippen molar-refractivity contribution in [3.63, 3.8) is 0 Å². The Labute approximate surface area is 328 Å². The van der Waals surface area contributed by atoms with Crippen LogP contribution in [0.5, 0.6) is 0 Å². The first-order valence-electron chi connectivity index (χ1n) is 19.6. The summed E-state index contributed by atoms with van der Waals surface area (Å²) >= 11 is 3.12. The third kappa shape index (κ3) is 10.4. The smallest absolute Gasteiger partial charge is 0.264 e. The van der Waals surface area contributed by atoms with Gasteiger partial charge >= 0.3 is 0 Å². The second-order valence-electron chi connectivity index (χ2n) is 15.2. The number of anilines is 1. The molecule has 2 fully saturated rings. The number of aromatic nitrogens is 2. The molecule has 2 amide bonds. The van der Waals surface area contributed by atoms with E-state index in [0.717, 1.165) is 100.0 Å². The number of unbranched alkanes of at least 4 members (excludes halogenated alkanes) is 1. The Kier molecular flexibility index (Phi) is 14.0. The summed E-state index contributed by atoms with van der Waals surface area (Å²) in [4.78, 5) is 42.2. The average molecular weight is 774 g/mol. The molecule has 13 heteroatoms. The fourth-order valence-electron chi connectivity index (χ4n) is 7.73. The predicted octanol–water partition coefficient (Wildman–Crippen LogP) is 7.06. The molecule has 3 aliphatic heterocycles. The molecular weight excluding hydrogens is 719 g/mol. The Morgan fingerprint density at radius 1 is 1.09 bits per heavy atom. The highest BCUT2D eigenvalue weighted by atomic mass is 32.2. The molecular formula is C41H55N7O4S2. The molecule has 0 bridgehead atoms. The van der Waals surface area contributed by atoms with Gasteiger partial charge in [-0.25, -0.2) is 9.97 Å². The lowest BCUT2D eigenvalue weighted by Crippen LogP contribution is -2.49. The molecule has 1 N–H and O–H groups in total. The van der Waals surface area contributed by atoms with Gasteiger partial charge in [-0.05, 0) is 102 Å². The summed E-state index contributed by atoms with van der Waals surface area (Å²) in [5, 5.41) is 13.7. The molecule has 5 heterocycles. The van der Waals surface area contributed by atoms with Gasteiger partial charge in [0.05, 0.1) is 41.6 Å². The van der Waals surface area contributed by atoms with Crippen LogP contribution >= 0.6 is 23.1 Å². The number of piperidine rings is 1. The van der Waals surface area contributed by atoms with E-state index in [1.807, 2.05) is 23.4 Å². The van der Waals surface area contributed by atoms with Crippen molar-refractivity contribution < 1.29 is 18.7 Å². The molecule has 2 aromatic heterocycles. The zero-order chi connectivity index (χ0) is 38.1. The Hall–Kier alpha value is -3.54. The lowest BCUT2D eigenvalue weighted by molar-refractivity contribution is -0.129. The van der Waals surface area contributed by atoms with E-state index >= 15 is 0 Å². The number of nitriles is 1. The van der Waals surface area contributed by atoms with Gasteiger partial charge in [0.1, 0.15) is 17.4 Å². The number of oxazole rings is 1. The number of thiazole rings is 1. The highest BCUT2D eigenvalue weighted by Gasteiger charge is 2.33. The second-order valence-corrected chi connectivity index (χ2v) is 17.5. The maximum Gasteiger partial charge on any atom is 0.264 e. The van der Waals surface area contributed by atoms with Crippen LogP contribution in [0.4, 0.5) is 5.13 Å². The molecule has 1 aromatic carbocycles. The van der Waals surface area contributed by atoms with Crippen LogP contribution in [0.1, 0.15) is 94.2 Å². The quantitative estimate of drug-likeness (QED) is 0.0975. The molecule has 0 spiro atoms. The van der Waals surface area contributed by atoms with Crippen LogP contribution in [0, 0.1) is 17.2 Å². The number of nitrogens with zero attached hydrogens (tertiary/aromatic N) is 6. The number of fused-ring (bicyclic) bond motifs is 1. The van der Waals surface area contributed by atoms with Crippen molar-refractivity contribution in [2.45, 2.75) is 101 Å². The first-order chi connectivity index (χ1) is 26.1. The summed E-state index contributed by atoms with van der Waals surface area (Å²) < 4.78 is 12.4. The molecule has 0 radical (unpaired) electrons. The number of ether oxygens (including phenoxy) is 1. The van der Waals surface area contributed by atoms with Crippen molar-refractivity contribution in [2.24, 2.45) is 5.92 Å². The largest absolute Gasteiger partial charge is 0.445 e. The van der Waals surface area contributed by atoms with E-state index in [9.17, 15) is 14.9 Å². The lowest BCUT2D eigenvalue weighted by atomic mass is 9.90. The number of benzene rings is 1. The number of carbonyl (C=O) groups excluding carboxylic acids is 2. The summed E-state index contributed by atoms with van der Waals surface area (Å²) in [6.45, 7) is 14.7. The second kappa shape index (κ2) is 18.9. The number of likely N-dealkylation sites (tertiary alicyclic amines) is 1. The first kappa shape index (κ1) is 40.1. The number of morpholine rings is 1. The topological polar surface area (TPSA) is 128 Å². The zero-order valence-corrected chi connectivity index (χ0v) is 33.9. The number of hydrogen-bond acceptors (Lipinski definition) is 11. The normalized spacial score (nSPS) is 19.1. The number of carbonyl (C=O) groups is 2. The average Bonchev–Trinajstić information content (AvgIpc) is 3.85. The molecule has 3 aliphatic rings. The maximum absolute atomic E-state index is 13.7. The molecule has 290 valence electrons. The van der Waals surface area contributed by atoms with Crippen molar-refractivity contribution in [2.75, 3.05) is 57.8 Å². The van der Waals surface area contributed by atoms with Crippen molar-refractivity contribution >= 4 is 40.0 Å². The molecule has 1 atom stereocenters. The minimum absolute atomic E-state index is 0.000171. The summed E-state index contributed by atoms with van der Waals surface area (Å²) in [7, 11) is 0. The van der Waals surface area contributed by atoms with Crippen molar-refractivity contribution in [1.82, 2.24) is 24.7 Å². The Morgan fingerprint density at radius 3 is 2.65 bits per heavy atom. The monoisotopic (exact) mass is 773 g/mol. The van der Waals surface area contributed by atoms with E-state index in [1.165, 1.54) is 28.0 Å². The van der Waals surface area contributed by atoms with Gasteiger partial charge in [-0.1, -0.05) is 42.9 Å². The lowest BCUT2D eigenvalue weighted by Gasteiger charge is -2.39. The van der Waals surface area contributed by atoms with Crippen LogP contribution in [-0.4, -0.2) is 94.5 Å². The summed E-state index contributed by atoms with van der Waals surface area (Å²) in [5.41, 5.74) is 3.58. The highest BCUT2D eigenvalue weighted by Crippen LogP contribution is 2.33. The van der Waals surface area contributed by atoms with Crippen molar-refractivity contribution in [1.29, 1.82) is 5.26 Å². The number of aryl methyl sites for hydroxylation is 2. The Bertz CT molecular complexity index is 1800. The molecule has 2 saturated heterocycles. The zero-order valence-electron chi connectivity index (χ0n) is 32.3. The SMILES string of the molecule is CCCCc1cnc(CSc2cnc(NC(=O)C3CCN(CCCc4ccc5c(c4)CCN(C(=O)/C(C#N)=C/C(C)(C)N4CCOCC4)C5C)CC3)s2)o1. The van der Waals surface area contributed by atoms with Crippen molar-refractivity contribution in [3.05, 3.63) is 70.6 Å². The summed E-state index contributed by atoms with van der Waals surface area (Å²) in [6, 6.07) is 8.80. The summed E-state index contributed by atoms with van der Waals surface area (Å²) in [6.07, 6.45) is 13.2. The fraction of sp³-hybridized carbons (Fsp3) is 0.585. The Balaban J connectivity index is 0.914. The molecule has 1 unspecified atom stereocenters. The number of amides is 2. The fourth-order valence-corrected chi connectivity index (χ4v) is 9.46. The van der Waals surface area contributed by atoms with E-state index < -0.39 is 5.54 Å². The highest BCUT2D eigenvalue weighted by molar-refractivity contribution is 8.00. The maximum atomic E-state index is 13.7. The van der Waals surface area contributed by atoms with E-state index in [-0.39, 0.29) is 29.3 Å². The Morgan fingerprint density at radius 2 is 1.89 bits per heavy atom. The van der Waals surface area contributed by atoms with Gasteiger partial charge in [-0.3, -0.25) is 14.5 Å². The summed E-state index contributed by atoms with van der Waals surface area (Å²) in [5.74, 6) is 2.18. The number of nitrogens with one attached hydrogen (secondary N) is 1. The van der Waals surface area contributed by atoms with Crippen LogP contribution in [-0.2, 0) is 39.3 Å². The predicted molar refractivity (Wildman–Crippen MR) is 213 cm³/mol. The first-order valence-corrected chi connectivity index (χ1v) is 21.4. The minimum atomic E-state index is -0.411. The van der Waals surface area contributed by atoms with Crippen LogP contribution in [0.3, 0.4) is 0 Å². The molecule has 0 aliphatic carbocycles. The van der Waals surface area contributed by atoms with Gasteiger partial charge in [-0.2, -0.15) is 5.26 Å². The van der Waals surface area contributed by atoms with E-state index in [0.29, 0.717) is 30.6 Å². The minimum Gasteiger partial charge on any atom is -0.445 e. The van der Waals surface area contributed by atoms with E-state index in [1.54, 1.807) is 11.8 Å². The van der Waals surface area contributed by atoms with Gasteiger partial charge in [-0.15, -0.1) is 11.8 Å². The molecule has 6 rings (SSSR count). The molecule has 54 heavy (non-hydrogen) atoms. The van der Waals surface area contributed by atoms with Crippen LogP contribution in [0.2, 0.25) is 0 Å². The molecule has 11 nitrogen and oxygen atoms in total. The number of rotatable bonds is 15. The van der Waals surface area contributed by atoms with E-state index in [2.05, 4.69) is 77.0 Å². The van der Waals surface area contributed by atoms with Crippen LogP contribution in [0.15, 0.2) is 50.9 Å². The molecule has 3 aromatic rings. The number of hydrogen-bond donors (Lipinski definition) is 1. The van der Waals surface area contributed by atoms with Gasteiger partial charge in [0.2, 0.25) is 11.8 Å². The van der Waals surface area contributed by atoms with E-state index in [4.69, 9.17) is 9.15 Å². The van der Waals surface area contributed by atoms with Crippen LogP contribution < -0.4 is 5.32 Å². The van der Waals surface area contributed by atoms with Crippen LogP contribution in [0.25, 0.3) is 0 Å². The third-order valence-electron chi connectivity index (χ3n) is 11.0. The molecule has 0 saturated carbocycles.